The molecule has 26 heavy (non-hydrogen) atoms. The van der Waals surface area contributed by atoms with Gasteiger partial charge in [-0.25, -0.2) is 23.2 Å². The third kappa shape index (κ3) is 3.62. The topological polar surface area (TPSA) is 101 Å². The molecule has 0 saturated heterocycles. The second-order valence-corrected chi connectivity index (χ2v) is 8.17. The molecule has 138 valence electrons. The molecule has 3 rings (SSSR count). The molecule has 1 aliphatic rings. The Kier molecular flexibility index (Phi) is 4.82. The molecule has 0 bridgehead atoms. The zero-order valence-corrected chi connectivity index (χ0v) is 15.6. The predicted molar refractivity (Wildman–Crippen MR) is 98.2 cm³/mol. The lowest BCUT2D eigenvalue weighted by Gasteiger charge is -2.21. The molecule has 0 radical (unpaired) electrons. The van der Waals surface area contributed by atoms with E-state index in [0.29, 0.717) is 24.3 Å². The van der Waals surface area contributed by atoms with Crippen molar-refractivity contribution in [3.8, 4) is 0 Å². The third-order valence-electron chi connectivity index (χ3n) is 3.88. The lowest BCUT2D eigenvalue weighted by molar-refractivity contribution is 0.0378. The van der Waals surface area contributed by atoms with Gasteiger partial charge in [0.25, 0.3) is 0 Å². The third-order valence-corrected chi connectivity index (χ3v) is 5.05. The van der Waals surface area contributed by atoms with Crippen LogP contribution in [0.5, 0.6) is 0 Å². The van der Waals surface area contributed by atoms with Gasteiger partial charge in [0.15, 0.2) is 0 Å². The van der Waals surface area contributed by atoms with Gasteiger partial charge in [0.1, 0.15) is 17.7 Å². The van der Waals surface area contributed by atoms with Gasteiger partial charge in [0.2, 0.25) is 10.0 Å². The summed E-state index contributed by atoms with van der Waals surface area (Å²) in [7, 11) is -3.40. The van der Waals surface area contributed by atoms with E-state index in [1.165, 1.54) is 23.1 Å². The number of fused-ring (bicyclic) bond motifs is 1. The summed E-state index contributed by atoms with van der Waals surface area (Å²) in [6, 6.07) is 5.47. The number of carbonyl (C=O) groups excluding carboxylic acids is 1. The molecule has 0 unspecified atom stereocenters. The molecule has 0 amide bonds. The molecule has 0 aliphatic carbocycles. The van der Waals surface area contributed by atoms with Crippen molar-refractivity contribution >= 4 is 33.2 Å². The van der Waals surface area contributed by atoms with Crippen LogP contribution in [0.2, 0.25) is 0 Å². The maximum Gasteiger partial charge on any atom is 0.343 e. The number of benzene rings is 1. The van der Waals surface area contributed by atoms with Crippen molar-refractivity contribution in [3.05, 3.63) is 41.9 Å². The number of para-hydroxylation sites is 1. The smallest absolute Gasteiger partial charge is 0.343 e. The molecular formula is C17H20N4O4S. The normalized spacial score (nSPS) is 13.6. The summed E-state index contributed by atoms with van der Waals surface area (Å²) in [6.07, 6.45) is 4.21. The summed E-state index contributed by atoms with van der Waals surface area (Å²) >= 11 is 0. The molecule has 2 heterocycles. The Bertz CT molecular complexity index is 944. The minimum Gasteiger partial charge on any atom is -0.459 e. The Balaban J connectivity index is 2.00. The van der Waals surface area contributed by atoms with E-state index in [-0.39, 0.29) is 17.5 Å². The van der Waals surface area contributed by atoms with Crippen molar-refractivity contribution < 1.29 is 17.9 Å². The maximum atomic E-state index is 12.3. The van der Waals surface area contributed by atoms with E-state index in [0.717, 1.165) is 5.56 Å². The largest absolute Gasteiger partial charge is 0.459 e. The molecule has 8 nitrogen and oxygen atoms in total. The number of nitrogens with zero attached hydrogens (tertiary/aromatic N) is 3. The van der Waals surface area contributed by atoms with Crippen LogP contribution in [0.1, 0.15) is 29.8 Å². The first-order valence-corrected chi connectivity index (χ1v) is 10.00. The van der Waals surface area contributed by atoms with E-state index in [9.17, 15) is 13.2 Å². The van der Waals surface area contributed by atoms with E-state index < -0.39 is 16.0 Å². The zero-order valence-electron chi connectivity index (χ0n) is 14.8. The van der Waals surface area contributed by atoms with Crippen molar-refractivity contribution in [2.75, 3.05) is 22.4 Å². The van der Waals surface area contributed by atoms with Gasteiger partial charge in [0, 0.05) is 12.7 Å². The fraction of sp³-hybridized carbons (Fsp3) is 0.353. The minimum absolute atomic E-state index is 0.183. The molecule has 1 aromatic heterocycles. The SMILES string of the molecule is CC(C)OC(=O)c1cncnc1Nc1cccc2c1N(S(C)(=O)=O)CC2. The molecule has 0 spiro atoms. The van der Waals surface area contributed by atoms with E-state index in [1.54, 1.807) is 19.9 Å². The number of ether oxygens (including phenoxy) is 1. The van der Waals surface area contributed by atoms with Crippen LogP contribution in [0.4, 0.5) is 17.2 Å². The Labute approximate surface area is 152 Å². The van der Waals surface area contributed by atoms with Crippen molar-refractivity contribution in [3.63, 3.8) is 0 Å². The van der Waals surface area contributed by atoms with Crippen molar-refractivity contribution in [2.45, 2.75) is 26.4 Å². The lowest BCUT2D eigenvalue weighted by atomic mass is 10.1. The molecule has 0 saturated carbocycles. The van der Waals surface area contributed by atoms with Crippen LogP contribution in [-0.4, -0.2) is 43.3 Å². The maximum absolute atomic E-state index is 12.3. The number of sulfonamides is 1. The highest BCUT2D eigenvalue weighted by Gasteiger charge is 2.29. The number of hydrogen-bond acceptors (Lipinski definition) is 7. The van der Waals surface area contributed by atoms with Crippen LogP contribution >= 0.6 is 0 Å². The van der Waals surface area contributed by atoms with Crippen LogP contribution < -0.4 is 9.62 Å². The van der Waals surface area contributed by atoms with Crippen LogP contribution in [0.15, 0.2) is 30.7 Å². The summed E-state index contributed by atoms with van der Waals surface area (Å²) in [6.45, 7) is 3.89. The second-order valence-electron chi connectivity index (χ2n) is 6.26. The first kappa shape index (κ1) is 18.1. The Morgan fingerprint density at radius 3 is 2.81 bits per heavy atom. The summed E-state index contributed by atoms with van der Waals surface area (Å²) in [5, 5.41) is 3.07. The van der Waals surface area contributed by atoms with Crippen molar-refractivity contribution in [1.82, 2.24) is 9.97 Å². The first-order valence-electron chi connectivity index (χ1n) is 8.15. The molecule has 1 N–H and O–H groups in total. The first-order chi connectivity index (χ1) is 12.3. The lowest BCUT2D eigenvalue weighted by Crippen LogP contribution is -2.28. The fourth-order valence-electron chi connectivity index (χ4n) is 2.84. The monoisotopic (exact) mass is 376 g/mol. The molecule has 2 aromatic rings. The van der Waals surface area contributed by atoms with Crippen LogP contribution in [-0.2, 0) is 21.2 Å². The predicted octanol–water partition coefficient (Wildman–Crippen LogP) is 2.11. The van der Waals surface area contributed by atoms with Crippen LogP contribution in [0, 0.1) is 0 Å². The van der Waals surface area contributed by atoms with Gasteiger partial charge >= 0.3 is 5.97 Å². The van der Waals surface area contributed by atoms with E-state index in [4.69, 9.17) is 4.74 Å². The van der Waals surface area contributed by atoms with E-state index >= 15 is 0 Å². The van der Waals surface area contributed by atoms with Gasteiger partial charge in [-0.2, -0.15) is 0 Å². The average Bonchev–Trinajstić information content (AvgIpc) is 3.00. The van der Waals surface area contributed by atoms with Crippen LogP contribution in [0.25, 0.3) is 0 Å². The summed E-state index contributed by atoms with van der Waals surface area (Å²) < 4.78 is 30.8. The zero-order chi connectivity index (χ0) is 18.9. The molecular weight excluding hydrogens is 356 g/mol. The van der Waals surface area contributed by atoms with Gasteiger partial charge < -0.3 is 10.1 Å². The highest BCUT2D eigenvalue weighted by molar-refractivity contribution is 7.92. The molecule has 1 aliphatic heterocycles. The minimum atomic E-state index is -3.40. The fourth-order valence-corrected chi connectivity index (χ4v) is 3.81. The van der Waals surface area contributed by atoms with Gasteiger partial charge in [-0.3, -0.25) is 4.31 Å². The number of aromatic nitrogens is 2. The standard InChI is InChI=1S/C17H20N4O4S/c1-11(2)25-17(22)13-9-18-10-19-16(13)20-14-6-4-5-12-7-8-21(15(12)14)26(3,23)24/h4-6,9-11H,7-8H2,1-3H3,(H,18,19,20). The van der Waals surface area contributed by atoms with Gasteiger partial charge in [-0.1, -0.05) is 12.1 Å². The van der Waals surface area contributed by atoms with Crippen molar-refractivity contribution in [2.24, 2.45) is 0 Å². The molecule has 0 fully saturated rings. The van der Waals surface area contributed by atoms with Crippen molar-refractivity contribution in [1.29, 1.82) is 0 Å². The molecule has 0 atom stereocenters. The number of nitrogens with one attached hydrogen (secondary N) is 1. The highest BCUT2D eigenvalue weighted by Crippen LogP contribution is 2.38. The van der Waals surface area contributed by atoms with E-state index in [2.05, 4.69) is 15.3 Å². The Hall–Kier alpha value is -2.68. The quantitative estimate of drug-likeness (QED) is 0.797. The summed E-state index contributed by atoms with van der Waals surface area (Å²) in [5.74, 6) is -0.282. The van der Waals surface area contributed by atoms with E-state index in [1.807, 2.05) is 12.1 Å². The number of hydrogen-bond donors (Lipinski definition) is 1. The Morgan fingerprint density at radius 2 is 2.12 bits per heavy atom. The van der Waals surface area contributed by atoms with Gasteiger partial charge in [-0.15, -0.1) is 0 Å². The number of carbonyl (C=O) groups is 1. The number of esters is 1. The number of rotatable bonds is 5. The summed E-state index contributed by atoms with van der Waals surface area (Å²) in [4.78, 5) is 20.3. The van der Waals surface area contributed by atoms with Gasteiger partial charge in [0.05, 0.1) is 23.7 Å². The molecule has 1 aromatic carbocycles. The van der Waals surface area contributed by atoms with Gasteiger partial charge in [-0.05, 0) is 31.9 Å². The average molecular weight is 376 g/mol. The summed E-state index contributed by atoms with van der Waals surface area (Å²) in [5.41, 5.74) is 2.24. The highest BCUT2D eigenvalue weighted by atomic mass is 32.2. The number of anilines is 3. The van der Waals surface area contributed by atoms with Crippen LogP contribution in [0.3, 0.4) is 0 Å². The molecule has 9 heteroatoms. The second kappa shape index (κ2) is 6.91. The Morgan fingerprint density at radius 1 is 1.35 bits per heavy atom.